The summed E-state index contributed by atoms with van der Waals surface area (Å²) in [4.78, 5) is 20.1. The molecule has 33 heavy (non-hydrogen) atoms. The second kappa shape index (κ2) is 8.88. The Morgan fingerprint density at radius 2 is 1.94 bits per heavy atom. The number of H-pyrrole nitrogens is 1. The number of rotatable bonds is 6. The average molecular weight is 458 g/mol. The highest BCUT2D eigenvalue weighted by atomic mass is 35.5. The Bertz CT molecular complexity index is 1480. The van der Waals surface area contributed by atoms with Gasteiger partial charge in [0.2, 0.25) is 0 Å². The van der Waals surface area contributed by atoms with E-state index in [9.17, 15) is 4.79 Å². The van der Waals surface area contributed by atoms with Crippen LogP contribution in [0.4, 0.5) is 0 Å². The monoisotopic (exact) mass is 457 g/mol. The van der Waals surface area contributed by atoms with Crippen LogP contribution in [0.1, 0.15) is 22.6 Å². The van der Waals surface area contributed by atoms with E-state index in [1.165, 1.54) is 6.08 Å². The fraction of sp³-hybridized carbons (Fsp3) is 0.120. The average Bonchev–Trinajstić information content (AvgIpc) is 3.42. The minimum Gasteiger partial charge on any atom is -0.456 e. The second-order valence-corrected chi connectivity index (χ2v) is 8.13. The largest absolute Gasteiger partial charge is 0.456 e. The molecule has 1 N–H and O–H groups in total. The molecule has 0 aliphatic carbocycles. The van der Waals surface area contributed by atoms with Crippen molar-refractivity contribution in [1.29, 1.82) is 0 Å². The Morgan fingerprint density at radius 1 is 1.12 bits per heavy atom. The lowest BCUT2D eigenvalue weighted by atomic mass is 10.1. The molecule has 8 heteroatoms. The molecule has 0 atom stereocenters. The number of aromatic nitrogens is 5. The molecule has 0 radical (unpaired) electrons. The molecule has 0 aliphatic rings. The van der Waals surface area contributed by atoms with Gasteiger partial charge in [0.25, 0.3) is 0 Å². The first-order valence-electron chi connectivity index (χ1n) is 10.4. The molecule has 3 aromatic heterocycles. The maximum Gasteiger partial charge on any atom is 0.331 e. The van der Waals surface area contributed by atoms with Crippen molar-refractivity contribution in [1.82, 2.24) is 25.0 Å². The van der Waals surface area contributed by atoms with Crippen LogP contribution < -0.4 is 0 Å². The van der Waals surface area contributed by atoms with Gasteiger partial charge < -0.3 is 9.72 Å². The zero-order valence-electron chi connectivity index (χ0n) is 17.8. The van der Waals surface area contributed by atoms with Gasteiger partial charge >= 0.3 is 5.97 Å². The number of aryl methyl sites for hydroxylation is 1. The van der Waals surface area contributed by atoms with Gasteiger partial charge in [-0.25, -0.2) is 9.48 Å². The Hall–Kier alpha value is -3.97. The molecule has 7 nitrogen and oxygen atoms in total. The highest BCUT2D eigenvalue weighted by Crippen LogP contribution is 2.27. The van der Waals surface area contributed by atoms with E-state index in [0.29, 0.717) is 17.3 Å². The van der Waals surface area contributed by atoms with Crippen LogP contribution in [0.5, 0.6) is 0 Å². The molecule has 164 valence electrons. The van der Waals surface area contributed by atoms with E-state index >= 15 is 0 Å². The number of benzene rings is 2. The number of nitrogens with one attached hydrogen (secondary N) is 1. The first kappa shape index (κ1) is 20.9. The number of carbonyl (C=O) groups is 1. The van der Waals surface area contributed by atoms with Crippen LogP contribution in [0.15, 0.2) is 66.9 Å². The van der Waals surface area contributed by atoms with Gasteiger partial charge in [-0.2, -0.15) is 0 Å². The van der Waals surface area contributed by atoms with Crippen LogP contribution in [-0.2, 0) is 22.7 Å². The summed E-state index contributed by atoms with van der Waals surface area (Å²) in [7, 11) is 0. The van der Waals surface area contributed by atoms with Gasteiger partial charge in [-0.1, -0.05) is 47.1 Å². The summed E-state index contributed by atoms with van der Waals surface area (Å²) in [6, 6.07) is 17.4. The number of nitrogens with zero attached hydrogens (tertiary/aromatic N) is 4. The normalized spacial score (nSPS) is 11.6. The molecule has 0 saturated carbocycles. The number of ether oxygens (including phenoxy) is 1. The van der Waals surface area contributed by atoms with E-state index in [1.54, 1.807) is 29.1 Å². The maximum absolute atomic E-state index is 12.0. The molecule has 0 aliphatic heterocycles. The number of hydrogen-bond acceptors (Lipinski definition) is 5. The van der Waals surface area contributed by atoms with Gasteiger partial charge in [-0.05, 0) is 42.8 Å². The summed E-state index contributed by atoms with van der Waals surface area (Å²) in [6.07, 6.45) is 4.80. The Kier molecular flexibility index (Phi) is 5.62. The zero-order chi connectivity index (χ0) is 22.8. The van der Waals surface area contributed by atoms with Crippen molar-refractivity contribution >= 4 is 45.5 Å². The van der Waals surface area contributed by atoms with Crippen LogP contribution in [0.2, 0.25) is 5.02 Å². The number of esters is 1. The fourth-order valence-corrected chi connectivity index (χ4v) is 3.86. The lowest BCUT2D eigenvalue weighted by Crippen LogP contribution is -2.04. The number of carbonyl (C=O) groups excluding carboxylic acids is 1. The van der Waals surface area contributed by atoms with Crippen molar-refractivity contribution in [2.75, 3.05) is 0 Å². The summed E-state index contributed by atoms with van der Waals surface area (Å²) < 4.78 is 6.95. The molecule has 0 unspecified atom stereocenters. The third-order valence-corrected chi connectivity index (χ3v) is 5.54. The summed E-state index contributed by atoms with van der Waals surface area (Å²) in [6.45, 7) is 2.50. The Balaban J connectivity index is 1.24. The van der Waals surface area contributed by atoms with Gasteiger partial charge in [0, 0.05) is 27.4 Å². The van der Waals surface area contributed by atoms with Crippen molar-refractivity contribution < 1.29 is 9.53 Å². The van der Waals surface area contributed by atoms with E-state index in [2.05, 4.69) is 33.5 Å². The summed E-state index contributed by atoms with van der Waals surface area (Å²) in [5.74, 6) is -0.457. The Morgan fingerprint density at radius 3 is 2.79 bits per heavy atom. The Labute approximate surface area is 194 Å². The van der Waals surface area contributed by atoms with Crippen molar-refractivity contribution in [2.45, 2.75) is 20.1 Å². The number of pyridine rings is 1. The van der Waals surface area contributed by atoms with E-state index in [0.717, 1.165) is 38.8 Å². The minimum absolute atomic E-state index is 0.0394. The molecule has 2 aromatic carbocycles. The molecule has 3 heterocycles. The van der Waals surface area contributed by atoms with E-state index in [1.807, 2.05) is 31.2 Å². The van der Waals surface area contributed by atoms with Gasteiger partial charge in [-0.15, -0.1) is 5.10 Å². The second-order valence-electron chi connectivity index (χ2n) is 7.69. The highest BCUT2D eigenvalue weighted by Gasteiger charge is 2.11. The van der Waals surface area contributed by atoms with Crippen LogP contribution in [0, 0.1) is 6.92 Å². The number of aromatic amines is 1. The third-order valence-electron chi connectivity index (χ3n) is 5.28. The number of fused-ring (bicyclic) bond motifs is 3. The maximum atomic E-state index is 12.0. The molecular weight excluding hydrogens is 438 g/mol. The number of halogens is 1. The standard InChI is InChI=1S/C25H20ClN5O2/c1-16-25-22(21-4-2-3-5-23(21)28-25)12-19(27-16)13-31-14-20(29-30-31)15-33-24(32)11-8-17-6-9-18(26)10-7-17/h2-12,14,28H,13,15H2,1H3/b11-8+. The molecule has 5 aromatic rings. The van der Waals surface area contributed by atoms with Gasteiger partial charge in [0.1, 0.15) is 12.3 Å². The molecule has 0 bridgehead atoms. The van der Waals surface area contributed by atoms with Crippen molar-refractivity contribution in [3.05, 3.63) is 94.5 Å². The van der Waals surface area contributed by atoms with E-state index in [-0.39, 0.29) is 6.61 Å². The SMILES string of the molecule is Cc1nc(Cn2cc(COC(=O)/C=C/c3ccc(Cl)cc3)nn2)cc2c1[nH]c1ccccc12. The van der Waals surface area contributed by atoms with Gasteiger partial charge in [0.05, 0.1) is 29.6 Å². The van der Waals surface area contributed by atoms with Crippen molar-refractivity contribution in [3.8, 4) is 0 Å². The van der Waals surface area contributed by atoms with E-state index in [4.69, 9.17) is 21.3 Å². The van der Waals surface area contributed by atoms with Crippen LogP contribution in [0.3, 0.4) is 0 Å². The minimum atomic E-state index is -0.457. The quantitative estimate of drug-likeness (QED) is 0.284. The molecule has 5 rings (SSSR count). The van der Waals surface area contributed by atoms with Gasteiger partial charge in [0.15, 0.2) is 0 Å². The summed E-state index contributed by atoms with van der Waals surface area (Å²) >= 11 is 5.86. The zero-order valence-corrected chi connectivity index (χ0v) is 18.6. The van der Waals surface area contributed by atoms with Crippen LogP contribution in [-0.4, -0.2) is 30.9 Å². The predicted molar refractivity (Wildman–Crippen MR) is 128 cm³/mol. The number of para-hydroxylation sites is 1. The van der Waals surface area contributed by atoms with Gasteiger partial charge in [-0.3, -0.25) is 4.98 Å². The number of hydrogen-bond donors (Lipinski definition) is 1. The molecule has 0 spiro atoms. The lowest BCUT2D eigenvalue weighted by molar-refractivity contribution is -0.139. The third kappa shape index (κ3) is 4.63. The predicted octanol–water partition coefficient (Wildman–Crippen LogP) is 5.07. The van der Waals surface area contributed by atoms with Crippen molar-refractivity contribution in [3.63, 3.8) is 0 Å². The molecule has 0 saturated heterocycles. The molecule has 0 amide bonds. The summed E-state index contributed by atoms with van der Waals surface area (Å²) in [5, 5.41) is 11.2. The lowest BCUT2D eigenvalue weighted by Gasteiger charge is -2.04. The fourth-order valence-electron chi connectivity index (χ4n) is 3.73. The van der Waals surface area contributed by atoms with E-state index < -0.39 is 5.97 Å². The van der Waals surface area contributed by atoms with Crippen molar-refractivity contribution in [2.24, 2.45) is 0 Å². The topological polar surface area (TPSA) is 85.7 Å². The first-order chi connectivity index (χ1) is 16.0. The van der Waals surface area contributed by atoms with Crippen LogP contribution >= 0.6 is 11.6 Å². The smallest absolute Gasteiger partial charge is 0.331 e. The molecule has 0 fully saturated rings. The highest BCUT2D eigenvalue weighted by molar-refractivity contribution is 6.30. The summed E-state index contributed by atoms with van der Waals surface area (Å²) in [5.41, 5.74) is 5.36. The first-order valence-corrected chi connectivity index (χ1v) is 10.8. The molecular formula is C25H20ClN5O2. The van der Waals surface area contributed by atoms with Crippen LogP contribution in [0.25, 0.3) is 27.9 Å².